The molecule has 0 radical (unpaired) electrons. The molecule has 1 aromatic heterocycles. The Balaban J connectivity index is 1.80. The first-order valence-electron chi connectivity index (χ1n) is 7.28. The summed E-state index contributed by atoms with van der Waals surface area (Å²) in [5.41, 5.74) is 5.91. The van der Waals surface area contributed by atoms with Gasteiger partial charge in [-0.05, 0) is 37.7 Å². The summed E-state index contributed by atoms with van der Waals surface area (Å²) in [6, 6.07) is 1.51. The van der Waals surface area contributed by atoms with Crippen molar-refractivity contribution in [2.24, 2.45) is 11.8 Å². The average molecular weight is 326 g/mol. The minimum absolute atomic E-state index is 0.00273. The van der Waals surface area contributed by atoms with Gasteiger partial charge in [0, 0.05) is 12.7 Å². The lowest BCUT2D eigenvalue weighted by Crippen LogP contribution is -2.32. The van der Waals surface area contributed by atoms with Crippen LogP contribution in [-0.4, -0.2) is 30.5 Å². The van der Waals surface area contributed by atoms with E-state index >= 15 is 0 Å². The zero-order valence-electron chi connectivity index (χ0n) is 12.5. The molecule has 0 aliphatic heterocycles. The number of hydrogen-bond acceptors (Lipinski definition) is 5. The van der Waals surface area contributed by atoms with Crippen molar-refractivity contribution >= 4 is 29.3 Å². The number of rotatable bonds is 4. The highest BCUT2D eigenvalue weighted by Gasteiger charge is 2.27. The van der Waals surface area contributed by atoms with Gasteiger partial charge in [0.15, 0.2) is 0 Å². The van der Waals surface area contributed by atoms with E-state index in [0.717, 1.165) is 25.7 Å². The van der Waals surface area contributed by atoms with Gasteiger partial charge < -0.3 is 15.8 Å². The molecule has 0 saturated heterocycles. The number of nitrogens with zero attached hydrogens (tertiary/aromatic N) is 1. The van der Waals surface area contributed by atoms with Gasteiger partial charge in [-0.2, -0.15) is 0 Å². The Morgan fingerprint density at radius 1 is 1.41 bits per heavy atom. The summed E-state index contributed by atoms with van der Waals surface area (Å²) in [6.07, 6.45) is 4.83. The van der Waals surface area contributed by atoms with Crippen molar-refractivity contribution in [1.29, 1.82) is 0 Å². The highest BCUT2D eigenvalue weighted by atomic mass is 35.5. The van der Waals surface area contributed by atoms with E-state index < -0.39 is 0 Å². The standard InChI is InChI=1S/C15H20ClN3O3/c1-22-15(21)10-4-2-9(3-5-10)7-19-14(20)11-6-12(16)13(17)18-8-11/h6,8-10H,2-5,7H2,1H3,(H2,17,18)(H,19,20)/t9-,10-. The molecule has 1 saturated carbocycles. The number of carbonyl (C=O) groups is 2. The van der Waals surface area contributed by atoms with Gasteiger partial charge in [0.25, 0.3) is 5.91 Å². The summed E-state index contributed by atoms with van der Waals surface area (Å²) in [5, 5.41) is 3.15. The topological polar surface area (TPSA) is 94.3 Å². The van der Waals surface area contributed by atoms with Crippen LogP contribution < -0.4 is 11.1 Å². The number of nitrogens with one attached hydrogen (secondary N) is 1. The largest absolute Gasteiger partial charge is 0.469 e. The Hall–Kier alpha value is -1.82. The number of esters is 1. The van der Waals surface area contributed by atoms with Gasteiger partial charge in [0.05, 0.1) is 23.6 Å². The number of amides is 1. The Morgan fingerprint density at radius 2 is 2.09 bits per heavy atom. The van der Waals surface area contributed by atoms with Crippen LogP contribution in [0.25, 0.3) is 0 Å². The molecular weight excluding hydrogens is 306 g/mol. The molecule has 0 aromatic carbocycles. The van der Waals surface area contributed by atoms with Gasteiger partial charge >= 0.3 is 5.97 Å². The van der Waals surface area contributed by atoms with Gasteiger partial charge in [0.1, 0.15) is 5.82 Å². The van der Waals surface area contributed by atoms with Crippen molar-refractivity contribution in [3.05, 3.63) is 22.8 Å². The molecule has 1 aliphatic rings. The van der Waals surface area contributed by atoms with Crippen LogP contribution in [0.5, 0.6) is 0 Å². The van der Waals surface area contributed by atoms with Gasteiger partial charge in [0.2, 0.25) is 0 Å². The molecule has 0 atom stereocenters. The molecular formula is C15H20ClN3O3. The third-order valence-corrected chi connectivity index (χ3v) is 4.37. The summed E-state index contributed by atoms with van der Waals surface area (Å²) in [6.45, 7) is 0.578. The fourth-order valence-corrected chi connectivity index (χ4v) is 2.85. The van der Waals surface area contributed by atoms with E-state index in [-0.39, 0.29) is 28.6 Å². The molecule has 120 valence electrons. The number of nitrogen functional groups attached to an aromatic ring is 1. The van der Waals surface area contributed by atoms with Crippen LogP contribution >= 0.6 is 11.6 Å². The van der Waals surface area contributed by atoms with Crippen LogP contribution in [0.4, 0.5) is 5.82 Å². The first-order chi connectivity index (χ1) is 10.5. The van der Waals surface area contributed by atoms with E-state index in [9.17, 15) is 9.59 Å². The second kappa shape index (κ2) is 7.45. The summed E-state index contributed by atoms with van der Waals surface area (Å²) in [7, 11) is 1.42. The SMILES string of the molecule is COC(=O)[C@H]1CC[C@H](CNC(=O)c2cnc(N)c(Cl)c2)CC1. The number of hydrogen-bond donors (Lipinski definition) is 2. The summed E-state index contributed by atoms with van der Waals surface area (Å²) in [4.78, 5) is 27.4. The van der Waals surface area contributed by atoms with E-state index in [2.05, 4.69) is 10.3 Å². The van der Waals surface area contributed by atoms with Crippen LogP contribution in [0.1, 0.15) is 36.0 Å². The van der Waals surface area contributed by atoms with E-state index in [4.69, 9.17) is 22.1 Å². The smallest absolute Gasteiger partial charge is 0.308 e. The Morgan fingerprint density at radius 3 is 2.68 bits per heavy atom. The van der Waals surface area contributed by atoms with E-state index in [0.29, 0.717) is 18.0 Å². The molecule has 1 aliphatic carbocycles. The highest BCUT2D eigenvalue weighted by Crippen LogP contribution is 2.29. The Labute approximate surface area is 134 Å². The number of anilines is 1. The molecule has 1 fully saturated rings. The van der Waals surface area contributed by atoms with Crippen molar-refractivity contribution in [1.82, 2.24) is 10.3 Å². The predicted octanol–water partition coefficient (Wildman–Crippen LogP) is 2.03. The molecule has 22 heavy (non-hydrogen) atoms. The van der Waals surface area contributed by atoms with Crippen molar-refractivity contribution < 1.29 is 14.3 Å². The summed E-state index contributed by atoms with van der Waals surface area (Å²) >= 11 is 5.85. The minimum Gasteiger partial charge on any atom is -0.469 e. The number of halogens is 1. The van der Waals surface area contributed by atoms with Crippen LogP contribution in [0.3, 0.4) is 0 Å². The van der Waals surface area contributed by atoms with E-state index in [1.165, 1.54) is 19.4 Å². The van der Waals surface area contributed by atoms with Gasteiger partial charge in [-0.1, -0.05) is 11.6 Å². The maximum atomic E-state index is 12.0. The lowest BCUT2D eigenvalue weighted by Gasteiger charge is -2.26. The van der Waals surface area contributed by atoms with Crippen molar-refractivity contribution in [2.45, 2.75) is 25.7 Å². The van der Waals surface area contributed by atoms with Crippen molar-refractivity contribution in [2.75, 3.05) is 19.4 Å². The first-order valence-corrected chi connectivity index (χ1v) is 7.66. The molecule has 6 nitrogen and oxygen atoms in total. The number of carbonyl (C=O) groups excluding carboxylic acids is 2. The van der Waals surface area contributed by atoms with Crippen molar-refractivity contribution in [3.63, 3.8) is 0 Å². The summed E-state index contributed by atoms with van der Waals surface area (Å²) < 4.78 is 4.76. The normalized spacial score (nSPS) is 21.2. The number of methoxy groups -OCH3 is 1. The number of ether oxygens (including phenoxy) is 1. The van der Waals surface area contributed by atoms with Crippen LogP contribution in [0, 0.1) is 11.8 Å². The molecule has 0 unspecified atom stereocenters. The molecule has 1 aromatic rings. The number of pyridine rings is 1. The van der Waals surface area contributed by atoms with Gasteiger partial charge in [-0.15, -0.1) is 0 Å². The monoisotopic (exact) mass is 325 g/mol. The third-order valence-electron chi connectivity index (χ3n) is 4.06. The lowest BCUT2D eigenvalue weighted by atomic mass is 9.82. The second-order valence-electron chi connectivity index (χ2n) is 5.54. The van der Waals surface area contributed by atoms with Gasteiger partial charge in [-0.3, -0.25) is 9.59 Å². The molecule has 0 spiro atoms. The number of aromatic nitrogens is 1. The third kappa shape index (κ3) is 4.10. The fraction of sp³-hybridized carbons (Fsp3) is 0.533. The first kappa shape index (κ1) is 16.5. The lowest BCUT2D eigenvalue weighted by molar-refractivity contribution is -0.146. The highest BCUT2D eigenvalue weighted by molar-refractivity contribution is 6.33. The maximum absolute atomic E-state index is 12.0. The van der Waals surface area contributed by atoms with E-state index in [1.54, 1.807) is 0 Å². The van der Waals surface area contributed by atoms with E-state index in [1.807, 2.05) is 0 Å². The van der Waals surface area contributed by atoms with Gasteiger partial charge in [-0.25, -0.2) is 4.98 Å². The maximum Gasteiger partial charge on any atom is 0.308 e. The molecule has 1 heterocycles. The molecule has 0 bridgehead atoms. The number of nitrogens with two attached hydrogens (primary N) is 1. The van der Waals surface area contributed by atoms with Crippen molar-refractivity contribution in [3.8, 4) is 0 Å². The van der Waals surface area contributed by atoms with Crippen LogP contribution in [0.15, 0.2) is 12.3 Å². The molecule has 1 amide bonds. The summed E-state index contributed by atoms with van der Waals surface area (Å²) in [5.74, 6) is 0.230. The molecule has 7 heteroatoms. The predicted molar refractivity (Wildman–Crippen MR) is 83.5 cm³/mol. The second-order valence-corrected chi connectivity index (χ2v) is 5.95. The fourth-order valence-electron chi connectivity index (χ4n) is 2.68. The molecule has 3 N–H and O–H groups in total. The zero-order valence-corrected chi connectivity index (χ0v) is 13.2. The van der Waals surface area contributed by atoms with Crippen LogP contribution in [0.2, 0.25) is 5.02 Å². The average Bonchev–Trinajstić information content (AvgIpc) is 2.54. The minimum atomic E-state index is -0.218. The quantitative estimate of drug-likeness (QED) is 0.826. The Kier molecular flexibility index (Phi) is 5.60. The zero-order chi connectivity index (χ0) is 16.1. The molecule has 2 rings (SSSR count). The van der Waals surface area contributed by atoms with Crippen LogP contribution in [-0.2, 0) is 9.53 Å². The Bertz CT molecular complexity index is 557.